The van der Waals surface area contributed by atoms with Gasteiger partial charge in [-0.3, -0.25) is 14.1 Å². The van der Waals surface area contributed by atoms with E-state index in [-0.39, 0.29) is 4.21 Å². The van der Waals surface area contributed by atoms with Crippen molar-refractivity contribution in [1.82, 2.24) is 9.29 Å². The fourth-order valence-corrected chi connectivity index (χ4v) is 5.09. The molecule has 0 aromatic carbocycles. The van der Waals surface area contributed by atoms with Crippen LogP contribution in [-0.4, -0.2) is 29.5 Å². The summed E-state index contributed by atoms with van der Waals surface area (Å²) in [7, 11) is -3.60. The van der Waals surface area contributed by atoms with E-state index < -0.39 is 15.3 Å². The van der Waals surface area contributed by atoms with Crippen molar-refractivity contribution in [3.05, 3.63) is 60.5 Å². The van der Waals surface area contributed by atoms with Crippen LogP contribution in [0.2, 0.25) is 0 Å². The second kappa shape index (κ2) is 6.88. The van der Waals surface area contributed by atoms with Gasteiger partial charge < -0.3 is 0 Å². The first-order valence-electron chi connectivity index (χ1n) is 7.08. The molecule has 2 aromatic rings. The summed E-state index contributed by atoms with van der Waals surface area (Å²) < 4.78 is 27.0. The van der Waals surface area contributed by atoms with Crippen molar-refractivity contribution >= 4 is 38.2 Å². The van der Waals surface area contributed by atoms with Crippen LogP contribution in [0.25, 0.3) is 10.6 Å². The first-order chi connectivity index (χ1) is 11.5. The Morgan fingerprint density at radius 2 is 2.12 bits per heavy atom. The normalized spacial score (nSPS) is 15.0. The zero-order chi connectivity index (χ0) is 17.2. The third kappa shape index (κ3) is 3.58. The molecule has 0 radical (unpaired) electrons. The fourth-order valence-electron chi connectivity index (χ4n) is 2.26. The smallest absolute Gasteiger partial charge is 0.273 e. The number of nitrogens with zero attached hydrogens (tertiary/aromatic N) is 2. The van der Waals surface area contributed by atoms with Crippen LogP contribution >= 0.6 is 22.9 Å². The van der Waals surface area contributed by atoms with Crippen molar-refractivity contribution < 1.29 is 13.2 Å². The van der Waals surface area contributed by atoms with Crippen LogP contribution in [0, 0.1) is 0 Å². The Morgan fingerprint density at radius 1 is 1.29 bits per heavy atom. The second-order valence-electron chi connectivity index (χ2n) is 5.04. The molecule has 1 aliphatic rings. The molecule has 0 amide bonds. The summed E-state index contributed by atoms with van der Waals surface area (Å²) in [5.74, 6) is 0. The van der Waals surface area contributed by atoms with Gasteiger partial charge in [0.2, 0.25) is 5.24 Å². The molecule has 0 bridgehead atoms. The highest BCUT2D eigenvalue weighted by Crippen LogP contribution is 2.33. The topological polar surface area (TPSA) is 67.3 Å². The number of rotatable bonds is 5. The summed E-state index contributed by atoms with van der Waals surface area (Å²) in [5, 5.41) is -0.588. The van der Waals surface area contributed by atoms with E-state index in [4.69, 9.17) is 11.6 Å². The molecule has 2 aromatic heterocycles. The second-order valence-corrected chi connectivity index (χ2v) is 8.61. The Kier molecular flexibility index (Phi) is 4.84. The van der Waals surface area contributed by atoms with Crippen LogP contribution in [0.3, 0.4) is 0 Å². The summed E-state index contributed by atoms with van der Waals surface area (Å²) in [6.07, 6.45) is 6.50. The maximum Gasteiger partial charge on any atom is 0.273 e. The van der Waals surface area contributed by atoms with Gasteiger partial charge >= 0.3 is 0 Å². The van der Waals surface area contributed by atoms with Gasteiger partial charge in [-0.05, 0) is 53.9 Å². The van der Waals surface area contributed by atoms with Crippen molar-refractivity contribution in [2.45, 2.75) is 10.6 Å². The van der Waals surface area contributed by atoms with Gasteiger partial charge in [-0.1, -0.05) is 12.1 Å². The number of halogens is 1. The molecule has 0 fully saturated rings. The lowest BCUT2D eigenvalue weighted by Gasteiger charge is -2.13. The van der Waals surface area contributed by atoms with Crippen LogP contribution in [-0.2, 0) is 14.8 Å². The third-order valence-corrected chi connectivity index (χ3v) is 6.88. The number of carbonyl (C=O) groups is 1. The maximum atomic E-state index is 12.7. The zero-order valence-electron chi connectivity index (χ0n) is 12.4. The lowest BCUT2D eigenvalue weighted by Crippen LogP contribution is -2.23. The predicted octanol–water partition coefficient (Wildman–Crippen LogP) is 3.41. The molecule has 0 spiro atoms. The minimum Gasteiger partial charge on any atom is -0.276 e. The number of thiophene rings is 1. The molecule has 3 heterocycles. The van der Waals surface area contributed by atoms with Gasteiger partial charge in [-0.25, -0.2) is 8.42 Å². The standard InChI is InChI=1S/C16H13ClN2O3S2/c17-15(20)6-4-12-8-10-19(11-12)24(21,22)16-7-5-14(23-16)13-3-1-2-9-18-13/h1-7,9,11H,8,10H2/b6-4+. The molecule has 5 nitrogen and oxygen atoms in total. The first kappa shape index (κ1) is 16.9. The number of sulfonamides is 1. The van der Waals surface area contributed by atoms with Crippen molar-refractivity contribution in [3.8, 4) is 10.6 Å². The van der Waals surface area contributed by atoms with Gasteiger partial charge in [-0.2, -0.15) is 0 Å². The molecule has 8 heteroatoms. The Morgan fingerprint density at radius 3 is 2.83 bits per heavy atom. The van der Waals surface area contributed by atoms with Gasteiger partial charge in [0.05, 0.1) is 10.6 Å². The van der Waals surface area contributed by atoms with E-state index in [1.807, 2.05) is 18.2 Å². The molecule has 3 rings (SSSR count). The lowest BCUT2D eigenvalue weighted by atomic mass is 10.2. The van der Waals surface area contributed by atoms with Crippen LogP contribution in [0.1, 0.15) is 6.42 Å². The summed E-state index contributed by atoms with van der Waals surface area (Å²) in [4.78, 5) is 15.8. The average Bonchev–Trinajstić information content (AvgIpc) is 3.24. The monoisotopic (exact) mass is 380 g/mol. The Bertz CT molecular complexity index is 918. The number of hydrogen-bond acceptors (Lipinski definition) is 5. The fraction of sp³-hybridized carbons (Fsp3) is 0.125. The molecule has 1 aliphatic heterocycles. The number of carbonyl (C=O) groups excluding carboxylic acids is 1. The van der Waals surface area contributed by atoms with E-state index in [0.717, 1.165) is 16.1 Å². The number of aromatic nitrogens is 1. The summed E-state index contributed by atoms with van der Waals surface area (Å²) in [5.41, 5.74) is 1.49. The Labute approximate surface area is 149 Å². The van der Waals surface area contributed by atoms with E-state index in [2.05, 4.69) is 4.98 Å². The number of pyridine rings is 1. The zero-order valence-corrected chi connectivity index (χ0v) is 14.8. The van der Waals surface area contributed by atoms with Gasteiger partial charge in [-0.15, -0.1) is 11.3 Å². The average molecular weight is 381 g/mol. The van der Waals surface area contributed by atoms with Gasteiger partial charge in [0.15, 0.2) is 0 Å². The molecule has 0 saturated carbocycles. The van der Waals surface area contributed by atoms with Crippen molar-refractivity contribution in [2.24, 2.45) is 0 Å². The Balaban J connectivity index is 1.84. The van der Waals surface area contributed by atoms with Crippen LogP contribution in [0.5, 0.6) is 0 Å². The van der Waals surface area contributed by atoms with Crippen LogP contribution in [0.15, 0.2) is 64.7 Å². The van der Waals surface area contributed by atoms with Gasteiger partial charge in [0.1, 0.15) is 4.21 Å². The molecule has 0 aliphatic carbocycles. The maximum absolute atomic E-state index is 12.7. The van der Waals surface area contributed by atoms with E-state index in [1.165, 1.54) is 27.9 Å². The highest BCUT2D eigenvalue weighted by atomic mass is 35.5. The van der Waals surface area contributed by atoms with Crippen LogP contribution in [0.4, 0.5) is 0 Å². The molecular formula is C16H13ClN2O3S2. The highest BCUT2D eigenvalue weighted by molar-refractivity contribution is 7.91. The lowest BCUT2D eigenvalue weighted by molar-refractivity contribution is -0.107. The van der Waals surface area contributed by atoms with E-state index in [9.17, 15) is 13.2 Å². The third-order valence-electron chi connectivity index (χ3n) is 3.42. The highest BCUT2D eigenvalue weighted by Gasteiger charge is 2.27. The molecule has 0 unspecified atom stereocenters. The largest absolute Gasteiger partial charge is 0.276 e. The summed E-state index contributed by atoms with van der Waals surface area (Å²) in [6.45, 7) is 0.343. The first-order valence-corrected chi connectivity index (χ1v) is 9.71. The molecule has 0 atom stereocenters. The van der Waals surface area contributed by atoms with E-state index in [1.54, 1.807) is 24.4 Å². The molecular weight excluding hydrogens is 368 g/mol. The minimum absolute atomic E-state index is 0.262. The quantitative estimate of drug-likeness (QED) is 0.588. The molecule has 0 N–H and O–H groups in total. The van der Waals surface area contributed by atoms with Gasteiger partial charge in [0, 0.05) is 18.9 Å². The Hall–Kier alpha value is -1.96. The van der Waals surface area contributed by atoms with E-state index in [0.29, 0.717) is 13.0 Å². The van der Waals surface area contributed by atoms with Crippen molar-refractivity contribution in [3.63, 3.8) is 0 Å². The molecule has 0 saturated heterocycles. The molecule has 124 valence electrons. The predicted molar refractivity (Wildman–Crippen MR) is 94.1 cm³/mol. The number of allylic oxidation sites excluding steroid dienone is 2. The number of hydrogen-bond donors (Lipinski definition) is 0. The molecule has 24 heavy (non-hydrogen) atoms. The SMILES string of the molecule is O=C(Cl)/C=C/C1=CN(S(=O)(=O)c2ccc(-c3ccccn3)s2)CC1. The van der Waals surface area contributed by atoms with Crippen molar-refractivity contribution in [1.29, 1.82) is 0 Å². The van der Waals surface area contributed by atoms with Crippen LogP contribution < -0.4 is 0 Å². The van der Waals surface area contributed by atoms with Crippen molar-refractivity contribution in [2.75, 3.05) is 6.54 Å². The minimum atomic E-state index is -3.60. The van der Waals surface area contributed by atoms with E-state index >= 15 is 0 Å². The summed E-state index contributed by atoms with van der Waals surface area (Å²) in [6, 6.07) is 8.85. The van der Waals surface area contributed by atoms with Gasteiger partial charge in [0.25, 0.3) is 10.0 Å². The summed E-state index contributed by atoms with van der Waals surface area (Å²) >= 11 is 6.43.